The molecule has 0 radical (unpaired) electrons. The van der Waals surface area contributed by atoms with Crippen LogP contribution < -0.4 is 5.14 Å². The lowest BCUT2D eigenvalue weighted by atomic mass is 10.4. The van der Waals surface area contributed by atoms with E-state index in [1.807, 2.05) is 0 Å². The number of carboxylic acid groups (broad SMARTS) is 1. The average molecular weight is 263 g/mol. The number of sulfonamides is 1. The third-order valence-corrected chi connectivity index (χ3v) is 5.48. The van der Waals surface area contributed by atoms with Crippen LogP contribution in [0, 0.1) is 0 Å². The molecular formula is C7H5NO4S3. The molecule has 0 aliphatic heterocycles. The predicted octanol–water partition coefficient (Wildman–Crippen LogP) is 1.31. The fraction of sp³-hybridized carbons (Fsp3) is 0. The lowest BCUT2D eigenvalue weighted by Crippen LogP contribution is -2.09. The van der Waals surface area contributed by atoms with Crippen molar-refractivity contribution in [3.8, 4) is 0 Å². The lowest BCUT2D eigenvalue weighted by Gasteiger charge is -1.88. The van der Waals surface area contributed by atoms with Crippen molar-refractivity contribution in [2.45, 2.75) is 4.21 Å². The Morgan fingerprint density at radius 2 is 2.00 bits per heavy atom. The first-order valence-electron chi connectivity index (χ1n) is 3.67. The fourth-order valence-corrected chi connectivity index (χ4v) is 4.24. The Morgan fingerprint density at radius 3 is 2.47 bits per heavy atom. The Bertz CT molecular complexity index is 605. The van der Waals surface area contributed by atoms with Crippen LogP contribution in [0.25, 0.3) is 9.40 Å². The minimum absolute atomic E-state index is 0.0562. The summed E-state index contributed by atoms with van der Waals surface area (Å²) >= 11 is 2.03. The van der Waals surface area contributed by atoms with E-state index >= 15 is 0 Å². The van der Waals surface area contributed by atoms with Crippen molar-refractivity contribution in [2.75, 3.05) is 0 Å². The van der Waals surface area contributed by atoms with Gasteiger partial charge in [0.25, 0.3) is 0 Å². The summed E-state index contributed by atoms with van der Waals surface area (Å²) in [5.74, 6) is -1.01. The van der Waals surface area contributed by atoms with Crippen LogP contribution in [-0.4, -0.2) is 19.5 Å². The number of carboxylic acids is 1. The first kappa shape index (κ1) is 10.6. The van der Waals surface area contributed by atoms with E-state index in [0.717, 1.165) is 22.7 Å². The van der Waals surface area contributed by atoms with Gasteiger partial charge in [0.15, 0.2) is 0 Å². The SMILES string of the molecule is NS(=O)(=O)c1cc2cc(C(=O)O)sc2s1. The molecule has 0 bridgehead atoms. The average Bonchev–Trinajstić information content (AvgIpc) is 2.55. The van der Waals surface area contributed by atoms with Crippen molar-refractivity contribution in [1.29, 1.82) is 0 Å². The van der Waals surface area contributed by atoms with E-state index in [2.05, 4.69) is 0 Å². The van der Waals surface area contributed by atoms with Crippen LogP contribution in [-0.2, 0) is 10.0 Å². The fourth-order valence-electron chi connectivity index (χ4n) is 1.06. The van der Waals surface area contributed by atoms with Crippen molar-refractivity contribution in [2.24, 2.45) is 5.14 Å². The number of hydrogen-bond acceptors (Lipinski definition) is 5. The first-order chi connectivity index (χ1) is 6.88. The highest BCUT2D eigenvalue weighted by Crippen LogP contribution is 2.35. The second-order valence-electron chi connectivity index (χ2n) is 2.77. The van der Waals surface area contributed by atoms with Crippen LogP contribution in [0.2, 0.25) is 0 Å². The van der Waals surface area contributed by atoms with Crippen LogP contribution in [0.5, 0.6) is 0 Å². The van der Waals surface area contributed by atoms with Gasteiger partial charge in [-0.3, -0.25) is 0 Å². The summed E-state index contributed by atoms with van der Waals surface area (Å²) in [6.45, 7) is 0. The number of primary sulfonamides is 1. The summed E-state index contributed by atoms with van der Waals surface area (Å²) in [5, 5.41) is 14.3. The molecular weight excluding hydrogens is 258 g/mol. The smallest absolute Gasteiger partial charge is 0.345 e. The Kier molecular flexibility index (Phi) is 2.30. The van der Waals surface area contributed by atoms with Gasteiger partial charge in [0, 0.05) is 5.39 Å². The van der Waals surface area contributed by atoms with Crippen LogP contribution in [0.15, 0.2) is 16.3 Å². The van der Waals surface area contributed by atoms with E-state index in [1.165, 1.54) is 12.1 Å². The summed E-state index contributed by atoms with van der Waals surface area (Å²) in [5.41, 5.74) is 0. The van der Waals surface area contributed by atoms with Gasteiger partial charge in [-0.15, -0.1) is 22.7 Å². The molecule has 0 amide bonds. The lowest BCUT2D eigenvalue weighted by molar-refractivity contribution is 0.0702. The monoisotopic (exact) mass is 263 g/mol. The van der Waals surface area contributed by atoms with Gasteiger partial charge >= 0.3 is 5.97 Å². The van der Waals surface area contributed by atoms with Gasteiger partial charge in [-0.1, -0.05) is 0 Å². The van der Waals surface area contributed by atoms with Gasteiger partial charge < -0.3 is 5.11 Å². The minimum atomic E-state index is -3.69. The Morgan fingerprint density at radius 1 is 1.33 bits per heavy atom. The summed E-state index contributed by atoms with van der Waals surface area (Å²) in [6.07, 6.45) is 0. The maximum atomic E-state index is 11.0. The van der Waals surface area contributed by atoms with E-state index in [9.17, 15) is 13.2 Å². The van der Waals surface area contributed by atoms with Crippen LogP contribution in [0.3, 0.4) is 0 Å². The molecule has 80 valence electrons. The maximum Gasteiger partial charge on any atom is 0.345 e. The molecule has 2 aromatic rings. The van der Waals surface area contributed by atoms with E-state index in [4.69, 9.17) is 10.2 Å². The molecule has 0 fully saturated rings. The van der Waals surface area contributed by atoms with Crippen molar-refractivity contribution in [3.63, 3.8) is 0 Å². The number of fused-ring (bicyclic) bond motifs is 1. The van der Waals surface area contributed by atoms with Crippen molar-refractivity contribution in [3.05, 3.63) is 17.0 Å². The number of hydrogen-bond donors (Lipinski definition) is 2. The zero-order chi connectivity index (χ0) is 11.2. The Balaban J connectivity index is 2.62. The van der Waals surface area contributed by atoms with Gasteiger partial charge in [-0.2, -0.15) is 0 Å². The molecule has 15 heavy (non-hydrogen) atoms. The molecule has 5 nitrogen and oxygen atoms in total. The summed E-state index contributed by atoms with van der Waals surface area (Å²) < 4.78 is 22.7. The number of thiophene rings is 2. The molecule has 0 saturated carbocycles. The predicted molar refractivity (Wildman–Crippen MR) is 58.0 cm³/mol. The molecule has 2 heterocycles. The standard InChI is InChI=1S/C7H5NO4S3/c8-15(11,12)5-2-3-1-4(6(9)10)13-7(3)14-5/h1-2H,(H,9,10)(H2,8,11,12). The molecule has 2 rings (SSSR count). The van der Waals surface area contributed by atoms with Crippen molar-refractivity contribution in [1.82, 2.24) is 0 Å². The van der Waals surface area contributed by atoms with Crippen molar-refractivity contribution < 1.29 is 18.3 Å². The van der Waals surface area contributed by atoms with Crippen LogP contribution in [0.1, 0.15) is 9.67 Å². The topological polar surface area (TPSA) is 97.5 Å². The quantitative estimate of drug-likeness (QED) is 0.853. The second kappa shape index (κ2) is 3.27. The van der Waals surface area contributed by atoms with Crippen LogP contribution >= 0.6 is 22.7 Å². The number of rotatable bonds is 2. The van der Waals surface area contributed by atoms with E-state index in [1.54, 1.807) is 0 Å². The number of carbonyl (C=O) groups is 1. The molecule has 0 unspecified atom stereocenters. The normalized spacial score (nSPS) is 12.1. The molecule has 8 heteroatoms. The molecule has 2 aromatic heterocycles. The van der Waals surface area contributed by atoms with E-state index in [-0.39, 0.29) is 9.09 Å². The van der Waals surface area contributed by atoms with E-state index in [0.29, 0.717) is 9.40 Å². The minimum Gasteiger partial charge on any atom is -0.477 e. The highest BCUT2D eigenvalue weighted by atomic mass is 32.2. The second-order valence-corrected chi connectivity index (χ2v) is 6.92. The number of aromatic carboxylic acids is 1. The van der Waals surface area contributed by atoms with Crippen molar-refractivity contribution >= 4 is 48.1 Å². The molecule has 0 spiro atoms. The molecule has 3 N–H and O–H groups in total. The number of nitrogens with two attached hydrogens (primary N) is 1. The van der Waals surface area contributed by atoms with Crippen LogP contribution in [0.4, 0.5) is 0 Å². The van der Waals surface area contributed by atoms with Gasteiger partial charge in [-0.05, 0) is 12.1 Å². The zero-order valence-corrected chi connectivity index (χ0v) is 9.58. The van der Waals surface area contributed by atoms with Gasteiger partial charge in [0.2, 0.25) is 10.0 Å². The highest BCUT2D eigenvalue weighted by Gasteiger charge is 2.16. The molecule has 0 aliphatic carbocycles. The highest BCUT2D eigenvalue weighted by molar-refractivity contribution is 7.91. The van der Waals surface area contributed by atoms with E-state index < -0.39 is 16.0 Å². The summed E-state index contributed by atoms with van der Waals surface area (Å²) in [7, 11) is -3.69. The Labute approximate surface area is 92.8 Å². The Hall–Kier alpha value is -0.960. The summed E-state index contributed by atoms with van der Waals surface area (Å²) in [6, 6.07) is 2.83. The van der Waals surface area contributed by atoms with Gasteiger partial charge in [0.05, 0.1) is 4.01 Å². The first-order valence-corrected chi connectivity index (χ1v) is 6.85. The molecule has 0 aliphatic rings. The summed E-state index contributed by atoms with van der Waals surface area (Å²) in [4.78, 5) is 10.8. The molecule has 0 atom stereocenters. The molecule has 0 aromatic carbocycles. The largest absolute Gasteiger partial charge is 0.477 e. The molecule has 0 saturated heterocycles. The third kappa shape index (κ3) is 1.88. The van der Waals surface area contributed by atoms with Gasteiger partial charge in [0.1, 0.15) is 9.09 Å². The maximum absolute atomic E-state index is 11.0. The zero-order valence-electron chi connectivity index (χ0n) is 7.13. The third-order valence-electron chi connectivity index (χ3n) is 1.68. The van der Waals surface area contributed by atoms with Gasteiger partial charge in [-0.25, -0.2) is 18.4 Å².